The number of nitrogens with zero attached hydrogens (tertiary/aromatic N) is 2. The Labute approximate surface area is 102 Å². The van der Waals surface area contributed by atoms with Crippen LogP contribution in [0.15, 0.2) is 16.8 Å². The number of oxime groups is 1. The van der Waals surface area contributed by atoms with Crippen LogP contribution in [0.25, 0.3) is 0 Å². The van der Waals surface area contributed by atoms with Gasteiger partial charge in [-0.25, -0.2) is 0 Å². The molecule has 0 atom stereocenters. The molecule has 0 aliphatic heterocycles. The Morgan fingerprint density at radius 3 is 2.82 bits per heavy atom. The Balaban J connectivity index is 2.74. The average molecular weight is 256 g/mol. The highest BCUT2D eigenvalue weighted by atomic mass is 32.2. The number of allylic oxidation sites excluding steroid dienone is 2. The SMILES string of the molecule is CC(C)S(=O)(=O)O/N=C1/C=C(CC#N)CCC1. The van der Waals surface area contributed by atoms with Gasteiger partial charge in [0.2, 0.25) is 0 Å². The van der Waals surface area contributed by atoms with E-state index in [-0.39, 0.29) is 0 Å². The van der Waals surface area contributed by atoms with E-state index in [1.165, 1.54) is 13.8 Å². The maximum atomic E-state index is 11.4. The van der Waals surface area contributed by atoms with Crippen molar-refractivity contribution in [3.63, 3.8) is 0 Å². The quantitative estimate of drug-likeness (QED) is 0.721. The van der Waals surface area contributed by atoms with Gasteiger partial charge in [0.25, 0.3) is 0 Å². The Morgan fingerprint density at radius 1 is 1.53 bits per heavy atom. The van der Waals surface area contributed by atoms with Crippen molar-refractivity contribution in [2.75, 3.05) is 0 Å². The summed E-state index contributed by atoms with van der Waals surface area (Å²) in [5.41, 5.74) is 1.56. The molecule has 0 saturated heterocycles. The summed E-state index contributed by atoms with van der Waals surface area (Å²) in [7, 11) is -3.61. The molecule has 6 heteroatoms. The van der Waals surface area contributed by atoms with Gasteiger partial charge in [0.15, 0.2) is 0 Å². The highest BCUT2D eigenvalue weighted by molar-refractivity contribution is 7.87. The van der Waals surface area contributed by atoms with Crippen molar-refractivity contribution >= 4 is 15.8 Å². The van der Waals surface area contributed by atoms with Crippen LogP contribution >= 0.6 is 0 Å². The minimum atomic E-state index is -3.61. The van der Waals surface area contributed by atoms with Gasteiger partial charge in [0.05, 0.1) is 23.5 Å². The second-order valence-corrected chi connectivity index (χ2v) is 6.27. The fourth-order valence-corrected chi connectivity index (χ4v) is 1.75. The van der Waals surface area contributed by atoms with Gasteiger partial charge in [-0.3, -0.25) is 4.28 Å². The van der Waals surface area contributed by atoms with E-state index in [0.29, 0.717) is 18.6 Å². The Bertz CT molecular complexity index is 469. The Morgan fingerprint density at radius 2 is 2.24 bits per heavy atom. The topological polar surface area (TPSA) is 79.5 Å². The van der Waals surface area contributed by atoms with Gasteiger partial charge in [0, 0.05) is 0 Å². The first-order chi connectivity index (χ1) is 7.95. The molecule has 0 unspecified atom stereocenters. The van der Waals surface area contributed by atoms with Gasteiger partial charge in [0.1, 0.15) is 0 Å². The molecule has 0 bridgehead atoms. The maximum Gasteiger partial charge on any atom is 0.330 e. The molecule has 0 spiro atoms. The van der Waals surface area contributed by atoms with E-state index < -0.39 is 15.4 Å². The van der Waals surface area contributed by atoms with E-state index in [9.17, 15) is 8.42 Å². The van der Waals surface area contributed by atoms with E-state index in [0.717, 1.165) is 18.4 Å². The first-order valence-electron chi connectivity index (χ1n) is 5.51. The lowest BCUT2D eigenvalue weighted by Gasteiger charge is -2.12. The highest BCUT2D eigenvalue weighted by Crippen LogP contribution is 2.19. The molecule has 0 radical (unpaired) electrons. The monoisotopic (exact) mass is 256 g/mol. The van der Waals surface area contributed by atoms with Gasteiger partial charge in [-0.15, -0.1) is 0 Å². The summed E-state index contributed by atoms with van der Waals surface area (Å²) >= 11 is 0. The molecule has 0 saturated carbocycles. The van der Waals surface area contributed by atoms with Gasteiger partial charge in [-0.1, -0.05) is 10.7 Å². The number of hydrogen-bond acceptors (Lipinski definition) is 5. The molecule has 5 nitrogen and oxygen atoms in total. The van der Waals surface area contributed by atoms with Crippen molar-refractivity contribution in [1.82, 2.24) is 0 Å². The highest BCUT2D eigenvalue weighted by Gasteiger charge is 2.18. The lowest BCUT2D eigenvalue weighted by Crippen LogP contribution is -2.16. The summed E-state index contributed by atoms with van der Waals surface area (Å²) < 4.78 is 27.3. The van der Waals surface area contributed by atoms with Crippen LogP contribution in [-0.4, -0.2) is 19.4 Å². The van der Waals surface area contributed by atoms with Crippen molar-refractivity contribution in [3.8, 4) is 6.07 Å². The third kappa shape index (κ3) is 4.19. The van der Waals surface area contributed by atoms with Crippen LogP contribution in [0.3, 0.4) is 0 Å². The summed E-state index contributed by atoms with van der Waals surface area (Å²) in [6.07, 6.45) is 4.53. The summed E-state index contributed by atoms with van der Waals surface area (Å²) in [5, 5.41) is 11.6. The van der Waals surface area contributed by atoms with Crippen LogP contribution in [0.2, 0.25) is 0 Å². The van der Waals surface area contributed by atoms with Gasteiger partial charge in [-0.05, 0) is 39.2 Å². The van der Waals surface area contributed by atoms with Gasteiger partial charge < -0.3 is 0 Å². The first-order valence-corrected chi connectivity index (χ1v) is 6.98. The van der Waals surface area contributed by atoms with E-state index in [1.807, 2.05) is 0 Å². The summed E-state index contributed by atoms with van der Waals surface area (Å²) in [5.74, 6) is 0. The largest absolute Gasteiger partial charge is 0.330 e. The predicted molar refractivity (Wildman–Crippen MR) is 64.7 cm³/mol. The zero-order valence-electron chi connectivity index (χ0n) is 10.0. The van der Waals surface area contributed by atoms with Crippen LogP contribution < -0.4 is 0 Å². The van der Waals surface area contributed by atoms with Crippen LogP contribution in [0.4, 0.5) is 0 Å². The fraction of sp³-hybridized carbons (Fsp3) is 0.636. The Kier molecular flexibility index (Phi) is 4.70. The van der Waals surface area contributed by atoms with Crippen molar-refractivity contribution in [3.05, 3.63) is 11.6 Å². The summed E-state index contributed by atoms with van der Waals surface area (Å²) in [6, 6.07) is 2.07. The molecular formula is C11H16N2O3S. The lowest BCUT2D eigenvalue weighted by atomic mass is 9.96. The van der Waals surface area contributed by atoms with Crippen molar-refractivity contribution in [1.29, 1.82) is 5.26 Å². The number of nitriles is 1. The molecule has 1 aliphatic rings. The standard InChI is InChI=1S/C11H16N2O3S/c1-9(2)17(14,15)16-13-11-5-3-4-10(8-11)6-7-12/h8-9H,3-6H2,1-2H3/b13-11+. The summed E-state index contributed by atoms with van der Waals surface area (Å²) in [4.78, 5) is 0. The molecule has 0 heterocycles. The smallest absolute Gasteiger partial charge is 0.268 e. The van der Waals surface area contributed by atoms with E-state index in [1.54, 1.807) is 6.08 Å². The zero-order chi connectivity index (χ0) is 12.9. The normalized spacial score (nSPS) is 18.9. The molecule has 1 rings (SSSR count). The maximum absolute atomic E-state index is 11.4. The number of hydrogen-bond donors (Lipinski definition) is 0. The number of rotatable bonds is 4. The van der Waals surface area contributed by atoms with Crippen molar-refractivity contribution in [2.24, 2.45) is 5.16 Å². The van der Waals surface area contributed by atoms with Crippen LogP contribution in [0.5, 0.6) is 0 Å². The van der Waals surface area contributed by atoms with Crippen LogP contribution in [0, 0.1) is 11.3 Å². The molecule has 0 aromatic rings. The van der Waals surface area contributed by atoms with Gasteiger partial charge in [-0.2, -0.15) is 13.7 Å². The first kappa shape index (κ1) is 13.7. The summed E-state index contributed by atoms with van der Waals surface area (Å²) in [6.45, 7) is 3.07. The van der Waals surface area contributed by atoms with Crippen molar-refractivity contribution < 1.29 is 12.7 Å². The van der Waals surface area contributed by atoms with Gasteiger partial charge >= 0.3 is 10.1 Å². The zero-order valence-corrected chi connectivity index (χ0v) is 10.8. The molecule has 0 N–H and O–H groups in total. The second-order valence-electron chi connectivity index (χ2n) is 4.19. The Hall–Kier alpha value is -1.35. The van der Waals surface area contributed by atoms with E-state index in [2.05, 4.69) is 15.5 Å². The molecule has 1 aliphatic carbocycles. The third-order valence-electron chi connectivity index (χ3n) is 2.44. The molecular weight excluding hydrogens is 240 g/mol. The lowest BCUT2D eigenvalue weighted by molar-refractivity contribution is 0.333. The molecule has 0 amide bonds. The molecule has 0 aromatic heterocycles. The minimum absolute atomic E-state index is 0.357. The fourth-order valence-electron chi connectivity index (χ4n) is 1.38. The predicted octanol–water partition coefficient (Wildman–Crippen LogP) is 2.12. The van der Waals surface area contributed by atoms with Crippen molar-refractivity contribution in [2.45, 2.75) is 44.8 Å². The minimum Gasteiger partial charge on any atom is -0.268 e. The molecule has 17 heavy (non-hydrogen) atoms. The second kappa shape index (κ2) is 5.82. The van der Waals surface area contributed by atoms with Crippen LogP contribution in [-0.2, 0) is 14.4 Å². The molecule has 0 fully saturated rings. The van der Waals surface area contributed by atoms with E-state index in [4.69, 9.17) is 5.26 Å². The van der Waals surface area contributed by atoms with E-state index >= 15 is 0 Å². The van der Waals surface area contributed by atoms with Crippen LogP contribution in [0.1, 0.15) is 39.5 Å². The third-order valence-corrected chi connectivity index (χ3v) is 3.88. The molecule has 0 aromatic carbocycles. The average Bonchev–Trinajstić information content (AvgIpc) is 2.27. The molecule has 94 valence electrons.